The van der Waals surface area contributed by atoms with E-state index in [0.717, 1.165) is 29.5 Å². The summed E-state index contributed by atoms with van der Waals surface area (Å²) in [6.07, 6.45) is -5.12. The van der Waals surface area contributed by atoms with Gasteiger partial charge in [0.25, 0.3) is 5.91 Å². The lowest BCUT2D eigenvalue weighted by molar-refractivity contribution is -0.138. The summed E-state index contributed by atoms with van der Waals surface area (Å²) in [6.45, 7) is -0.739. The molecule has 1 aliphatic heterocycles. The topological polar surface area (TPSA) is 83.9 Å². The molecule has 1 aliphatic rings. The van der Waals surface area contributed by atoms with E-state index in [1.807, 2.05) is 0 Å². The highest BCUT2D eigenvalue weighted by molar-refractivity contribution is 7.12. The number of carboxylic acids is 1. The highest BCUT2D eigenvalue weighted by atomic mass is 32.1. The second-order valence-electron chi connectivity index (χ2n) is 7.18. The van der Waals surface area contributed by atoms with Gasteiger partial charge in [-0.1, -0.05) is 0 Å². The number of amides is 2. The van der Waals surface area contributed by atoms with Crippen LogP contribution in [0.15, 0.2) is 41.8 Å². The lowest BCUT2D eigenvalue weighted by Gasteiger charge is -2.26. The second kappa shape index (κ2) is 8.52. The quantitative estimate of drug-likeness (QED) is 0.394. The molecular formula is C22H12F5NO5S. The van der Waals surface area contributed by atoms with Crippen molar-refractivity contribution in [3.8, 4) is 5.75 Å². The third kappa shape index (κ3) is 4.23. The first-order valence-electron chi connectivity index (χ1n) is 9.46. The van der Waals surface area contributed by atoms with Crippen LogP contribution in [0.4, 0.5) is 27.6 Å². The predicted molar refractivity (Wildman–Crippen MR) is 109 cm³/mol. The van der Waals surface area contributed by atoms with Crippen molar-refractivity contribution in [3.05, 3.63) is 80.5 Å². The molecule has 0 saturated heterocycles. The summed E-state index contributed by atoms with van der Waals surface area (Å²) < 4.78 is 72.9. The van der Waals surface area contributed by atoms with Crippen LogP contribution in [0.3, 0.4) is 0 Å². The Labute approximate surface area is 191 Å². The number of nitrogens with zero attached hydrogens (tertiary/aromatic N) is 1. The molecule has 12 heteroatoms. The van der Waals surface area contributed by atoms with Gasteiger partial charge in [0, 0.05) is 11.6 Å². The lowest BCUT2D eigenvalue weighted by Crippen LogP contribution is -2.43. The van der Waals surface area contributed by atoms with Crippen molar-refractivity contribution < 1.29 is 46.2 Å². The molecule has 0 radical (unpaired) electrons. The van der Waals surface area contributed by atoms with Crippen molar-refractivity contribution in [2.75, 3.05) is 4.90 Å². The SMILES string of the molecule is O=C(O)c1scc2c1C(=O)N(c1cc(OCc3cc(F)ccc3C(F)(F)F)ccc1F)C(=O)C2. The largest absolute Gasteiger partial charge is 0.489 e. The highest BCUT2D eigenvalue weighted by Gasteiger charge is 2.38. The van der Waals surface area contributed by atoms with Crippen molar-refractivity contribution in [3.63, 3.8) is 0 Å². The number of thiophene rings is 1. The van der Waals surface area contributed by atoms with Crippen molar-refractivity contribution in [1.29, 1.82) is 0 Å². The van der Waals surface area contributed by atoms with Gasteiger partial charge in [-0.15, -0.1) is 11.3 Å². The van der Waals surface area contributed by atoms with Crippen LogP contribution in [0, 0.1) is 11.6 Å². The number of benzene rings is 2. The number of imide groups is 1. The molecule has 0 spiro atoms. The van der Waals surface area contributed by atoms with E-state index in [0.29, 0.717) is 23.1 Å². The minimum atomic E-state index is -4.77. The maximum Gasteiger partial charge on any atom is 0.416 e. The van der Waals surface area contributed by atoms with Gasteiger partial charge in [-0.2, -0.15) is 13.2 Å². The van der Waals surface area contributed by atoms with Gasteiger partial charge >= 0.3 is 12.1 Å². The van der Waals surface area contributed by atoms with E-state index in [-0.39, 0.29) is 28.2 Å². The lowest BCUT2D eigenvalue weighted by atomic mass is 10.0. The number of hydrogen-bond donors (Lipinski definition) is 1. The number of hydrogen-bond acceptors (Lipinski definition) is 5. The third-order valence-corrected chi connectivity index (χ3v) is 6.01. The summed E-state index contributed by atoms with van der Waals surface area (Å²) >= 11 is 0.754. The molecule has 0 bridgehead atoms. The van der Waals surface area contributed by atoms with Crippen molar-refractivity contribution in [1.82, 2.24) is 0 Å². The molecule has 3 aromatic rings. The first-order valence-corrected chi connectivity index (χ1v) is 10.3. The van der Waals surface area contributed by atoms with Crippen LogP contribution in [0.1, 0.15) is 36.7 Å². The summed E-state index contributed by atoms with van der Waals surface area (Å²) in [7, 11) is 0. The zero-order chi connectivity index (χ0) is 24.8. The maximum absolute atomic E-state index is 14.6. The van der Waals surface area contributed by atoms with E-state index in [1.54, 1.807) is 0 Å². The summed E-state index contributed by atoms with van der Waals surface area (Å²) in [5, 5.41) is 10.7. The Hall–Kier alpha value is -3.80. The normalized spacial score (nSPS) is 13.7. The minimum Gasteiger partial charge on any atom is -0.489 e. The minimum absolute atomic E-state index is 0.201. The summed E-state index contributed by atoms with van der Waals surface area (Å²) in [6, 6.07) is 4.69. The highest BCUT2D eigenvalue weighted by Crippen LogP contribution is 2.36. The molecule has 2 heterocycles. The molecule has 2 aromatic carbocycles. The van der Waals surface area contributed by atoms with Gasteiger partial charge in [0.15, 0.2) is 0 Å². The number of carboxylic acid groups (broad SMARTS) is 1. The van der Waals surface area contributed by atoms with Gasteiger partial charge in [0.1, 0.15) is 28.9 Å². The molecule has 6 nitrogen and oxygen atoms in total. The number of aromatic carboxylic acids is 1. The van der Waals surface area contributed by atoms with E-state index >= 15 is 0 Å². The van der Waals surface area contributed by atoms with Crippen molar-refractivity contribution in [2.45, 2.75) is 19.2 Å². The van der Waals surface area contributed by atoms with E-state index in [1.165, 1.54) is 5.38 Å². The number of halogens is 5. The summed E-state index contributed by atoms with van der Waals surface area (Å²) in [5.74, 6) is -5.41. The zero-order valence-corrected chi connectivity index (χ0v) is 17.6. The van der Waals surface area contributed by atoms with Gasteiger partial charge in [-0.25, -0.2) is 18.5 Å². The molecule has 2 amide bonds. The van der Waals surface area contributed by atoms with Gasteiger partial charge in [-0.05, 0) is 41.3 Å². The Morgan fingerprint density at radius 2 is 1.85 bits per heavy atom. The van der Waals surface area contributed by atoms with Crippen LogP contribution < -0.4 is 9.64 Å². The van der Waals surface area contributed by atoms with Crippen LogP contribution in [-0.2, 0) is 24.0 Å². The van der Waals surface area contributed by atoms with Crippen LogP contribution >= 0.6 is 11.3 Å². The number of ether oxygens (including phenoxy) is 1. The number of carbonyl (C=O) groups is 3. The monoisotopic (exact) mass is 497 g/mol. The molecule has 1 aromatic heterocycles. The molecule has 4 rings (SSSR count). The second-order valence-corrected chi connectivity index (χ2v) is 8.06. The number of fused-ring (bicyclic) bond motifs is 1. The average Bonchev–Trinajstić information content (AvgIpc) is 3.17. The fraction of sp³-hybridized carbons (Fsp3) is 0.136. The Kier molecular flexibility index (Phi) is 5.86. The fourth-order valence-corrected chi connectivity index (χ4v) is 4.40. The Morgan fingerprint density at radius 3 is 2.53 bits per heavy atom. The molecule has 0 saturated carbocycles. The first-order chi connectivity index (χ1) is 16.0. The number of alkyl halides is 3. The van der Waals surface area contributed by atoms with Gasteiger partial charge in [-0.3, -0.25) is 9.59 Å². The van der Waals surface area contributed by atoms with Crippen LogP contribution in [-0.4, -0.2) is 22.9 Å². The Morgan fingerprint density at radius 1 is 1.12 bits per heavy atom. The van der Waals surface area contributed by atoms with Gasteiger partial charge in [0.05, 0.1) is 23.2 Å². The number of anilines is 1. The maximum atomic E-state index is 14.6. The molecule has 0 atom stereocenters. The molecule has 0 aliphatic carbocycles. The molecule has 0 unspecified atom stereocenters. The van der Waals surface area contributed by atoms with E-state index < -0.39 is 59.0 Å². The smallest absolute Gasteiger partial charge is 0.416 e. The summed E-state index contributed by atoms with van der Waals surface area (Å²) in [4.78, 5) is 37.1. The van der Waals surface area contributed by atoms with Crippen LogP contribution in [0.5, 0.6) is 5.75 Å². The van der Waals surface area contributed by atoms with E-state index in [9.17, 15) is 41.4 Å². The Bertz CT molecular complexity index is 1330. The van der Waals surface area contributed by atoms with E-state index in [2.05, 4.69) is 0 Å². The molecule has 34 heavy (non-hydrogen) atoms. The molecule has 176 valence electrons. The average molecular weight is 497 g/mol. The Balaban J connectivity index is 1.66. The van der Waals surface area contributed by atoms with Crippen molar-refractivity contribution >= 4 is 34.8 Å². The summed E-state index contributed by atoms with van der Waals surface area (Å²) in [5.41, 5.74) is -2.23. The zero-order valence-electron chi connectivity index (χ0n) is 16.8. The standard InChI is InChI=1S/C22H12F5NO5S/c23-12-1-3-14(22(25,26)27)10(5-12)8-33-13-2-4-15(24)16(7-13)28-17(29)6-11-9-34-19(21(31)32)18(11)20(28)30/h1-5,7,9H,6,8H2,(H,31,32). The number of rotatable bonds is 5. The van der Waals surface area contributed by atoms with Crippen LogP contribution in [0.25, 0.3) is 0 Å². The first kappa shape index (κ1) is 23.4. The molecule has 0 fully saturated rings. The molecular weight excluding hydrogens is 485 g/mol. The van der Waals surface area contributed by atoms with Gasteiger partial charge in [0.2, 0.25) is 5.91 Å². The number of carbonyl (C=O) groups excluding carboxylic acids is 2. The van der Waals surface area contributed by atoms with E-state index in [4.69, 9.17) is 4.74 Å². The molecule has 1 N–H and O–H groups in total. The third-order valence-electron chi connectivity index (χ3n) is 5.00. The fourth-order valence-electron chi connectivity index (χ4n) is 3.50. The predicted octanol–water partition coefficient (Wildman–Crippen LogP) is 5.05. The van der Waals surface area contributed by atoms with Crippen LogP contribution in [0.2, 0.25) is 0 Å². The van der Waals surface area contributed by atoms with Crippen molar-refractivity contribution in [2.24, 2.45) is 0 Å². The van der Waals surface area contributed by atoms with Gasteiger partial charge < -0.3 is 9.84 Å².